The van der Waals surface area contributed by atoms with Crippen molar-refractivity contribution in [2.75, 3.05) is 0 Å². The highest BCUT2D eigenvalue weighted by Gasteiger charge is 2.38. The van der Waals surface area contributed by atoms with Crippen LogP contribution in [0.25, 0.3) is 68.9 Å². The lowest BCUT2D eigenvalue weighted by molar-refractivity contribution is -0.689. The van der Waals surface area contributed by atoms with Crippen molar-refractivity contribution in [1.29, 1.82) is 0 Å². The van der Waals surface area contributed by atoms with Crippen molar-refractivity contribution in [3.63, 3.8) is 0 Å². The number of rotatable bonds is 4. The third-order valence-corrected chi connectivity index (χ3v) is 11.7. The normalized spacial score (nSPS) is 13.8. The van der Waals surface area contributed by atoms with E-state index in [0.717, 1.165) is 59.1 Å². The maximum atomic E-state index is 10.7. The van der Waals surface area contributed by atoms with E-state index in [0.29, 0.717) is 0 Å². The smallest absolute Gasteiger partial charge is 0.485 e. The highest BCUT2D eigenvalue weighted by Crippen LogP contribution is 2.43. The largest absolute Gasteiger partial charge is 0.741 e. The second-order valence-electron chi connectivity index (χ2n) is 14.3. The van der Waals surface area contributed by atoms with Crippen LogP contribution in [0.1, 0.15) is 44.5 Å². The third kappa shape index (κ3) is 8.89. The molecule has 322 valence electrons. The van der Waals surface area contributed by atoms with Gasteiger partial charge in [0, 0.05) is 83.8 Å². The van der Waals surface area contributed by atoms with E-state index in [2.05, 4.69) is 116 Å². The van der Waals surface area contributed by atoms with Crippen molar-refractivity contribution < 1.29 is 61.4 Å². The molecule has 9 rings (SSSR count). The summed E-state index contributed by atoms with van der Waals surface area (Å²) in [4.78, 5) is 15.5. The summed E-state index contributed by atoms with van der Waals surface area (Å²) in [6.07, 6.45) is 23.2. The monoisotopic (exact) mass is 896 g/mol. The molecule has 6 aromatic heterocycles. The highest BCUT2D eigenvalue weighted by molar-refractivity contribution is 7.86. The number of hydrogen-bond donors (Lipinski definition) is 2. The average molecular weight is 897 g/mol. The fraction of sp³-hybridized carbons (Fsp3) is 0.190. The Balaban J connectivity index is 0.000000309. The Bertz CT molecular complexity index is 2950. The molecule has 1 aromatic carbocycles. The minimum atomic E-state index is -6.09. The Labute approximate surface area is 350 Å². The van der Waals surface area contributed by atoms with Crippen LogP contribution >= 0.6 is 0 Å². The number of hydrogen-bond acceptors (Lipinski definition) is 8. The number of aromatic amines is 2. The molecule has 7 aromatic rings. The summed E-state index contributed by atoms with van der Waals surface area (Å²) < 4.78 is 123. The van der Waals surface area contributed by atoms with E-state index in [9.17, 15) is 26.3 Å². The molecule has 0 fully saturated rings. The van der Waals surface area contributed by atoms with E-state index >= 15 is 0 Å². The first-order valence-corrected chi connectivity index (χ1v) is 21.4. The van der Waals surface area contributed by atoms with Gasteiger partial charge in [-0.05, 0) is 71.5 Å². The number of nitrogens with one attached hydrogen (secondary N) is 2. The summed E-state index contributed by atoms with van der Waals surface area (Å²) in [6, 6.07) is 17.4. The first-order valence-electron chi connectivity index (χ1n) is 18.6. The molecule has 0 saturated carbocycles. The number of pyridine rings is 4. The predicted molar refractivity (Wildman–Crippen MR) is 216 cm³/mol. The zero-order valence-electron chi connectivity index (χ0n) is 32.5. The molecular weight excluding hydrogens is 863 g/mol. The average Bonchev–Trinajstić information content (AvgIpc) is 3.83. The van der Waals surface area contributed by atoms with E-state index in [1.807, 2.05) is 36.9 Å². The lowest BCUT2D eigenvalue weighted by Crippen LogP contribution is -2.43. The standard InChI is InChI=1S/C40H32N6.2CHF3O3S/c1-25-26(2)32-14-20-46-18-12-28(8-10-30-24-44-40-34(30)6-4-16-42-40)22-36(46)38(32)37-31(25)13-19-45-17-11-27(21-35(37)45)7-9-29-23-43-39-33(29)5-3-15-41-39;2*2-1(3,4)8(5,6)7/h3-12,15-18,21-24H,13-14,19-20H2,1-2H3;2*(H,5,6,7). The van der Waals surface area contributed by atoms with Crippen LogP contribution < -0.4 is 9.13 Å². The van der Waals surface area contributed by atoms with Crippen LogP contribution in [0.4, 0.5) is 26.3 Å². The van der Waals surface area contributed by atoms with Gasteiger partial charge < -0.3 is 19.1 Å². The predicted octanol–water partition coefficient (Wildman–Crippen LogP) is 7.52. The lowest BCUT2D eigenvalue weighted by atomic mass is 9.79. The van der Waals surface area contributed by atoms with Crippen molar-refractivity contribution in [1.82, 2.24) is 19.9 Å². The number of fused-ring (bicyclic) bond motifs is 9. The molecular formula is C42H34F6N6O6S2. The van der Waals surface area contributed by atoms with Crippen LogP contribution in [0.5, 0.6) is 0 Å². The molecule has 2 aliphatic rings. The number of benzene rings is 1. The van der Waals surface area contributed by atoms with E-state index in [1.165, 1.54) is 55.9 Å². The van der Waals surface area contributed by atoms with Gasteiger partial charge in [0.1, 0.15) is 11.3 Å². The van der Waals surface area contributed by atoms with Crippen LogP contribution in [0.15, 0.2) is 85.7 Å². The van der Waals surface area contributed by atoms with Crippen LogP contribution in [0, 0.1) is 13.8 Å². The van der Waals surface area contributed by atoms with Crippen molar-refractivity contribution in [3.05, 3.63) is 130 Å². The van der Waals surface area contributed by atoms with Crippen LogP contribution in [-0.2, 0) is 46.2 Å². The van der Waals surface area contributed by atoms with Crippen molar-refractivity contribution in [2.24, 2.45) is 0 Å². The van der Waals surface area contributed by atoms with Gasteiger partial charge in [0.15, 0.2) is 45.7 Å². The lowest BCUT2D eigenvalue weighted by Gasteiger charge is -2.27. The zero-order valence-corrected chi connectivity index (χ0v) is 34.2. The van der Waals surface area contributed by atoms with Gasteiger partial charge in [-0.2, -0.15) is 35.5 Å². The first-order chi connectivity index (χ1) is 29.1. The molecule has 0 bridgehead atoms. The van der Waals surface area contributed by atoms with E-state index in [4.69, 9.17) is 25.9 Å². The third-order valence-electron chi connectivity index (χ3n) is 10.6. The van der Waals surface area contributed by atoms with Crippen LogP contribution in [-0.4, -0.2) is 56.9 Å². The molecule has 8 heterocycles. The maximum absolute atomic E-state index is 10.7. The Morgan fingerprint density at radius 1 is 0.629 bits per heavy atom. The molecule has 0 radical (unpaired) electrons. The molecule has 12 nitrogen and oxygen atoms in total. The highest BCUT2D eigenvalue weighted by atomic mass is 32.2. The second-order valence-corrected chi connectivity index (χ2v) is 17.0. The van der Waals surface area contributed by atoms with Gasteiger partial charge in [0.25, 0.3) is 0 Å². The van der Waals surface area contributed by atoms with E-state index in [-0.39, 0.29) is 0 Å². The Kier molecular flexibility index (Phi) is 11.7. The maximum Gasteiger partial charge on any atom is 0.485 e. The SMILES string of the molecule is Cc1c(C)c2c(c3c1CC[n+]1ccc(C=Cc4c[nH]c5ncccc45)cc1-3)-c1cc(C=Cc3c[nH]c4ncccc34)cc[n+]1CC2.O=S(=O)([O-])C(F)(F)F.O=S(=O)([O-])C(F)(F)F. The minimum Gasteiger partial charge on any atom is -0.741 e. The molecule has 2 N–H and O–H groups in total. The first kappa shape index (κ1) is 43.9. The van der Waals surface area contributed by atoms with Crippen molar-refractivity contribution >= 4 is 66.6 Å². The Morgan fingerprint density at radius 2 is 1.00 bits per heavy atom. The zero-order chi connectivity index (χ0) is 44.8. The Morgan fingerprint density at radius 3 is 1.35 bits per heavy atom. The van der Waals surface area contributed by atoms with E-state index in [1.54, 1.807) is 0 Å². The number of nitrogens with zero attached hydrogens (tertiary/aromatic N) is 4. The molecule has 0 unspecified atom stereocenters. The molecule has 0 amide bonds. The van der Waals surface area contributed by atoms with Gasteiger partial charge in [-0.15, -0.1) is 0 Å². The number of halogens is 6. The topological polar surface area (TPSA) is 180 Å². The molecule has 0 saturated heterocycles. The fourth-order valence-corrected chi connectivity index (χ4v) is 7.51. The summed E-state index contributed by atoms with van der Waals surface area (Å²) in [6.45, 7) is 6.64. The van der Waals surface area contributed by atoms with Crippen LogP contribution in [0.3, 0.4) is 0 Å². The molecule has 20 heteroatoms. The molecule has 0 spiro atoms. The second kappa shape index (κ2) is 16.6. The molecule has 0 atom stereocenters. The summed E-state index contributed by atoms with van der Waals surface area (Å²) >= 11 is 0. The minimum absolute atomic E-state index is 0.915. The summed E-state index contributed by atoms with van der Waals surface area (Å²) in [5.41, 5.74) is 6.47. The van der Waals surface area contributed by atoms with Crippen molar-refractivity contribution in [3.8, 4) is 22.5 Å². The summed E-state index contributed by atoms with van der Waals surface area (Å²) in [5.74, 6) is 0. The summed E-state index contributed by atoms with van der Waals surface area (Å²) in [7, 11) is -12.2. The van der Waals surface area contributed by atoms with Gasteiger partial charge in [0.05, 0.1) is 11.1 Å². The molecule has 2 aliphatic heterocycles. The van der Waals surface area contributed by atoms with Crippen molar-refractivity contribution in [2.45, 2.75) is 50.8 Å². The number of aryl methyl sites for hydroxylation is 2. The quantitative estimate of drug-likeness (QED) is 0.0788. The van der Waals surface area contributed by atoms with Gasteiger partial charge in [-0.3, -0.25) is 0 Å². The number of alkyl halides is 6. The van der Waals surface area contributed by atoms with Gasteiger partial charge >= 0.3 is 11.0 Å². The Hall–Kier alpha value is -6.22. The molecule has 0 aliphatic carbocycles. The fourth-order valence-electron chi connectivity index (χ4n) is 7.51. The van der Waals surface area contributed by atoms with Gasteiger partial charge in [-0.25, -0.2) is 26.8 Å². The van der Waals surface area contributed by atoms with Gasteiger partial charge in [0.2, 0.25) is 11.4 Å². The number of aromatic nitrogens is 6. The summed E-state index contributed by atoms with van der Waals surface area (Å²) in [5, 5.41) is 2.27. The molecule has 62 heavy (non-hydrogen) atoms. The van der Waals surface area contributed by atoms with Crippen LogP contribution in [0.2, 0.25) is 0 Å². The number of H-pyrrole nitrogens is 2. The van der Waals surface area contributed by atoms with E-state index < -0.39 is 31.3 Å². The van der Waals surface area contributed by atoms with Gasteiger partial charge in [-0.1, -0.05) is 24.3 Å².